The Bertz CT molecular complexity index is 915. The number of carbonyl (C=O) groups excluding carboxylic acids is 2. The van der Waals surface area contributed by atoms with Crippen LogP contribution in [-0.2, 0) is 14.3 Å². The van der Waals surface area contributed by atoms with E-state index < -0.39 is 5.91 Å². The molecule has 3 rings (SSSR count). The van der Waals surface area contributed by atoms with Crippen molar-refractivity contribution in [3.05, 3.63) is 77.1 Å². The highest BCUT2D eigenvalue weighted by molar-refractivity contribution is 6.24. The summed E-state index contributed by atoms with van der Waals surface area (Å²) in [7, 11) is 0. The fourth-order valence-corrected chi connectivity index (χ4v) is 2.91. The molecule has 0 bridgehead atoms. The Hall–Kier alpha value is -3.29. The molecular weight excluding hydrogens is 375 g/mol. The van der Waals surface area contributed by atoms with Gasteiger partial charge in [-0.1, -0.05) is 36.4 Å². The molecule has 1 fully saturated rings. The Morgan fingerprint density at radius 1 is 1.00 bits per heavy atom. The van der Waals surface area contributed by atoms with Crippen LogP contribution in [0.25, 0.3) is 17.7 Å². The van der Waals surface area contributed by atoms with E-state index in [1.165, 1.54) is 23.7 Å². The summed E-state index contributed by atoms with van der Waals surface area (Å²) in [5.41, 5.74) is 4.17. The maximum Gasteiger partial charge on any atom is 0.267 e. The molecule has 29 heavy (non-hydrogen) atoms. The normalized spacial score (nSPS) is 14.8. The Kier molecular flexibility index (Phi) is 6.89. The molecule has 0 radical (unpaired) electrons. The molecule has 1 saturated heterocycles. The third-order valence-corrected chi connectivity index (χ3v) is 4.47. The smallest absolute Gasteiger partial charge is 0.267 e. The highest BCUT2D eigenvalue weighted by Gasteiger charge is 2.21. The summed E-state index contributed by atoms with van der Waals surface area (Å²) in [6.45, 7) is 2.00. The van der Waals surface area contributed by atoms with Gasteiger partial charge in [-0.15, -0.1) is 0 Å². The van der Waals surface area contributed by atoms with E-state index in [1.54, 1.807) is 41.3 Å². The molecule has 0 aromatic heterocycles. The van der Waals surface area contributed by atoms with Crippen molar-refractivity contribution in [2.45, 2.75) is 0 Å². The van der Waals surface area contributed by atoms with Gasteiger partial charge in [0.2, 0.25) is 0 Å². The van der Waals surface area contributed by atoms with E-state index in [2.05, 4.69) is 0 Å². The molecule has 0 aliphatic carbocycles. The van der Waals surface area contributed by atoms with Crippen molar-refractivity contribution < 1.29 is 23.9 Å². The molecule has 0 saturated carbocycles. The Labute approximate surface area is 167 Å². The summed E-state index contributed by atoms with van der Waals surface area (Å²) in [5.74, 6) is -1.12. The predicted octanol–water partition coefficient (Wildman–Crippen LogP) is 2.74. The first-order valence-corrected chi connectivity index (χ1v) is 9.14. The number of halogens is 1. The highest BCUT2D eigenvalue weighted by atomic mass is 19.1. The first-order chi connectivity index (χ1) is 14.1. The lowest BCUT2D eigenvalue weighted by atomic mass is 10.0. The number of amides is 2. The highest BCUT2D eigenvalue weighted by Crippen LogP contribution is 2.22. The molecule has 2 aromatic rings. The Morgan fingerprint density at radius 3 is 2.24 bits per heavy atom. The number of benzene rings is 2. The van der Waals surface area contributed by atoms with Crippen molar-refractivity contribution in [3.8, 4) is 0 Å². The summed E-state index contributed by atoms with van der Waals surface area (Å²) >= 11 is 0. The minimum Gasteiger partial charge on any atom is -0.378 e. The summed E-state index contributed by atoms with van der Waals surface area (Å²) in [4.78, 5) is 25.9. The maximum atomic E-state index is 13.4. The van der Waals surface area contributed by atoms with Crippen LogP contribution in [0.5, 0.6) is 0 Å². The molecule has 0 atom stereocenters. The lowest BCUT2D eigenvalue weighted by Crippen LogP contribution is -2.41. The van der Waals surface area contributed by atoms with Crippen LogP contribution < -0.4 is 5.48 Å². The summed E-state index contributed by atoms with van der Waals surface area (Å²) in [6, 6.07) is 13.0. The van der Waals surface area contributed by atoms with Crippen molar-refractivity contribution in [1.29, 1.82) is 0 Å². The van der Waals surface area contributed by atoms with E-state index in [0.717, 1.165) is 11.1 Å². The first kappa shape index (κ1) is 20.4. The topological polar surface area (TPSA) is 78.9 Å². The van der Waals surface area contributed by atoms with Crippen LogP contribution in [0.4, 0.5) is 4.39 Å². The number of ether oxygens (including phenoxy) is 1. The second-order valence-corrected chi connectivity index (χ2v) is 6.45. The standard InChI is InChI=1S/C22H21FN2O4/c23-19-8-6-18(7-9-19)20(22(27)25-11-13-29-14-12-25)15-17-3-1-16(2-4-17)5-10-21(26)24-28/h1-10,15,28H,11-14H2,(H,24,26)/b10-5+,20-15+. The predicted molar refractivity (Wildman–Crippen MR) is 107 cm³/mol. The second kappa shape index (κ2) is 9.77. The van der Waals surface area contributed by atoms with E-state index in [-0.39, 0.29) is 11.7 Å². The van der Waals surface area contributed by atoms with Crippen LogP contribution in [0.1, 0.15) is 16.7 Å². The third-order valence-electron chi connectivity index (χ3n) is 4.47. The zero-order valence-corrected chi connectivity index (χ0v) is 15.7. The van der Waals surface area contributed by atoms with Gasteiger partial charge in [0.15, 0.2) is 0 Å². The molecule has 2 aromatic carbocycles. The fourth-order valence-electron chi connectivity index (χ4n) is 2.91. The number of hydroxylamine groups is 1. The van der Waals surface area contributed by atoms with Gasteiger partial charge in [0, 0.05) is 24.7 Å². The van der Waals surface area contributed by atoms with Crippen molar-refractivity contribution in [3.63, 3.8) is 0 Å². The van der Waals surface area contributed by atoms with Gasteiger partial charge in [0.1, 0.15) is 5.82 Å². The minimum absolute atomic E-state index is 0.136. The summed E-state index contributed by atoms with van der Waals surface area (Å²) in [5, 5.41) is 8.52. The van der Waals surface area contributed by atoms with Gasteiger partial charge < -0.3 is 9.64 Å². The van der Waals surface area contributed by atoms with E-state index in [0.29, 0.717) is 37.4 Å². The van der Waals surface area contributed by atoms with Crippen LogP contribution in [0.2, 0.25) is 0 Å². The van der Waals surface area contributed by atoms with Gasteiger partial charge in [-0.2, -0.15) is 0 Å². The number of nitrogens with zero attached hydrogens (tertiary/aromatic N) is 1. The lowest BCUT2D eigenvalue weighted by molar-refractivity contribution is -0.129. The summed E-state index contributed by atoms with van der Waals surface area (Å²) < 4.78 is 18.7. The van der Waals surface area contributed by atoms with Crippen LogP contribution in [0.3, 0.4) is 0 Å². The molecule has 1 aliphatic heterocycles. The van der Waals surface area contributed by atoms with E-state index in [4.69, 9.17) is 9.94 Å². The van der Waals surface area contributed by atoms with Crippen molar-refractivity contribution in [2.24, 2.45) is 0 Å². The zero-order valence-electron chi connectivity index (χ0n) is 15.7. The van der Waals surface area contributed by atoms with Gasteiger partial charge in [-0.3, -0.25) is 14.8 Å². The van der Waals surface area contributed by atoms with Crippen LogP contribution in [0, 0.1) is 5.82 Å². The molecule has 2 N–H and O–H groups in total. The molecule has 2 amide bonds. The van der Waals surface area contributed by atoms with Gasteiger partial charge in [0.25, 0.3) is 11.8 Å². The van der Waals surface area contributed by atoms with Crippen molar-refractivity contribution in [1.82, 2.24) is 10.4 Å². The quantitative estimate of drug-likeness (QED) is 0.353. The lowest BCUT2D eigenvalue weighted by Gasteiger charge is -2.28. The molecule has 7 heteroatoms. The Morgan fingerprint density at radius 2 is 1.62 bits per heavy atom. The van der Waals surface area contributed by atoms with E-state index in [9.17, 15) is 14.0 Å². The largest absolute Gasteiger partial charge is 0.378 e. The Balaban J connectivity index is 1.89. The van der Waals surface area contributed by atoms with Crippen LogP contribution in [-0.4, -0.2) is 48.2 Å². The molecule has 6 nitrogen and oxygen atoms in total. The van der Waals surface area contributed by atoms with Gasteiger partial charge in [0.05, 0.1) is 13.2 Å². The fraction of sp³-hybridized carbons (Fsp3) is 0.182. The molecule has 0 spiro atoms. The molecule has 1 aliphatic rings. The first-order valence-electron chi connectivity index (χ1n) is 9.14. The number of morpholine rings is 1. The van der Waals surface area contributed by atoms with Gasteiger partial charge in [-0.05, 0) is 41.0 Å². The molecule has 0 unspecified atom stereocenters. The van der Waals surface area contributed by atoms with Crippen LogP contribution >= 0.6 is 0 Å². The van der Waals surface area contributed by atoms with Crippen molar-refractivity contribution >= 4 is 29.5 Å². The number of nitrogens with one attached hydrogen (secondary N) is 1. The van der Waals surface area contributed by atoms with Gasteiger partial charge in [-0.25, -0.2) is 9.87 Å². The van der Waals surface area contributed by atoms with E-state index >= 15 is 0 Å². The van der Waals surface area contributed by atoms with E-state index in [1.807, 2.05) is 12.1 Å². The third kappa shape index (κ3) is 5.60. The average Bonchev–Trinajstić information content (AvgIpc) is 2.77. The molecule has 1 heterocycles. The molecular formula is C22H21FN2O4. The van der Waals surface area contributed by atoms with Crippen molar-refractivity contribution in [2.75, 3.05) is 26.3 Å². The van der Waals surface area contributed by atoms with Gasteiger partial charge >= 0.3 is 0 Å². The number of hydrogen-bond donors (Lipinski definition) is 2. The van der Waals surface area contributed by atoms with Crippen LogP contribution in [0.15, 0.2) is 54.6 Å². The maximum absolute atomic E-state index is 13.4. The monoisotopic (exact) mass is 396 g/mol. The molecule has 150 valence electrons. The number of hydrogen-bond acceptors (Lipinski definition) is 4. The average molecular weight is 396 g/mol. The number of rotatable bonds is 5. The SMILES string of the molecule is O=C(/C=C/c1ccc(/C=C(/C(=O)N2CCOCC2)c2ccc(F)cc2)cc1)NO. The summed E-state index contributed by atoms with van der Waals surface area (Å²) in [6.07, 6.45) is 4.52. The zero-order chi connectivity index (χ0) is 20.6. The number of carbonyl (C=O) groups is 2. The second-order valence-electron chi connectivity index (χ2n) is 6.45. The minimum atomic E-state index is -0.622.